The van der Waals surface area contributed by atoms with Crippen LogP contribution in [-0.4, -0.2) is 22.3 Å². The van der Waals surface area contributed by atoms with E-state index in [4.69, 9.17) is 11.6 Å². The maximum Gasteiger partial charge on any atom is 0.255 e. The van der Waals surface area contributed by atoms with E-state index in [0.29, 0.717) is 30.1 Å². The van der Waals surface area contributed by atoms with Crippen molar-refractivity contribution in [3.05, 3.63) is 106 Å². The van der Waals surface area contributed by atoms with Crippen LogP contribution in [0.1, 0.15) is 39.5 Å². The third-order valence-electron chi connectivity index (χ3n) is 6.04. The molecule has 158 valence electrons. The normalized spacial score (nSPS) is 17.9. The Morgan fingerprint density at radius 2 is 1.81 bits per heavy atom. The third-order valence-corrected chi connectivity index (χ3v) is 6.28. The van der Waals surface area contributed by atoms with Crippen molar-refractivity contribution in [1.29, 1.82) is 0 Å². The van der Waals surface area contributed by atoms with Crippen LogP contribution in [0.3, 0.4) is 0 Å². The molecule has 0 saturated heterocycles. The Morgan fingerprint density at radius 1 is 1.06 bits per heavy atom. The SMILES string of the molecule is Cc1ccccc1CNC(=O)[C@]1(C)Cc2ccccc2C(=O)N1Cc1cccc(Cl)c1. The van der Waals surface area contributed by atoms with Crippen molar-refractivity contribution in [2.45, 2.75) is 38.9 Å². The summed E-state index contributed by atoms with van der Waals surface area (Å²) in [6, 6.07) is 22.9. The number of halogens is 1. The zero-order valence-electron chi connectivity index (χ0n) is 17.7. The molecule has 1 heterocycles. The van der Waals surface area contributed by atoms with Crippen molar-refractivity contribution in [3.63, 3.8) is 0 Å². The number of carbonyl (C=O) groups is 2. The molecule has 5 heteroatoms. The van der Waals surface area contributed by atoms with Gasteiger partial charge in [0.1, 0.15) is 5.54 Å². The van der Waals surface area contributed by atoms with Gasteiger partial charge in [-0.1, -0.05) is 66.2 Å². The van der Waals surface area contributed by atoms with Crippen LogP contribution >= 0.6 is 11.6 Å². The molecule has 0 bridgehead atoms. The summed E-state index contributed by atoms with van der Waals surface area (Å²) < 4.78 is 0. The second-order valence-electron chi connectivity index (χ2n) is 8.24. The van der Waals surface area contributed by atoms with E-state index in [1.807, 2.05) is 80.6 Å². The Morgan fingerprint density at radius 3 is 2.58 bits per heavy atom. The monoisotopic (exact) mass is 432 g/mol. The predicted octanol–water partition coefficient (Wildman–Crippen LogP) is 4.92. The fraction of sp³-hybridized carbons (Fsp3) is 0.231. The van der Waals surface area contributed by atoms with Crippen LogP contribution in [0.25, 0.3) is 0 Å². The van der Waals surface area contributed by atoms with Crippen LogP contribution < -0.4 is 5.32 Å². The van der Waals surface area contributed by atoms with Crippen molar-refractivity contribution < 1.29 is 9.59 Å². The molecular weight excluding hydrogens is 408 g/mol. The Labute approximate surface area is 187 Å². The fourth-order valence-corrected chi connectivity index (χ4v) is 4.37. The number of nitrogens with one attached hydrogen (secondary N) is 1. The van der Waals surface area contributed by atoms with Crippen molar-refractivity contribution >= 4 is 23.4 Å². The molecule has 0 saturated carbocycles. The van der Waals surface area contributed by atoms with Gasteiger partial charge in [-0.2, -0.15) is 0 Å². The summed E-state index contributed by atoms with van der Waals surface area (Å²) in [5.41, 5.74) is 3.59. The predicted molar refractivity (Wildman–Crippen MR) is 123 cm³/mol. The van der Waals surface area contributed by atoms with E-state index in [1.165, 1.54) is 0 Å². The first-order valence-electron chi connectivity index (χ1n) is 10.4. The third kappa shape index (κ3) is 4.21. The van der Waals surface area contributed by atoms with Crippen molar-refractivity contribution in [1.82, 2.24) is 10.2 Å². The molecule has 0 spiro atoms. The van der Waals surface area contributed by atoms with Gasteiger partial charge < -0.3 is 10.2 Å². The molecule has 0 fully saturated rings. The van der Waals surface area contributed by atoms with E-state index >= 15 is 0 Å². The summed E-state index contributed by atoms with van der Waals surface area (Å²) in [7, 11) is 0. The summed E-state index contributed by atoms with van der Waals surface area (Å²) in [6.45, 7) is 4.59. The number of rotatable bonds is 5. The molecule has 2 amide bonds. The molecule has 0 radical (unpaired) electrons. The smallest absolute Gasteiger partial charge is 0.255 e. The Balaban J connectivity index is 1.66. The van der Waals surface area contributed by atoms with Gasteiger partial charge in [0.2, 0.25) is 5.91 Å². The van der Waals surface area contributed by atoms with Crippen LogP contribution in [0, 0.1) is 6.92 Å². The summed E-state index contributed by atoms with van der Waals surface area (Å²) in [5.74, 6) is -0.309. The lowest BCUT2D eigenvalue weighted by Crippen LogP contribution is -2.62. The summed E-state index contributed by atoms with van der Waals surface area (Å²) in [5, 5.41) is 3.67. The Hall–Kier alpha value is -3.11. The van der Waals surface area contributed by atoms with Gasteiger partial charge >= 0.3 is 0 Å². The largest absolute Gasteiger partial charge is 0.350 e. The van der Waals surface area contributed by atoms with E-state index in [9.17, 15) is 9.59 Å². The number of nitrogens with zero attached hydrogens (tertiary/aromatic N) is 1. The van der Waals surface area contributed by atoms with E-state index in [2.05, 4.69) is 5.32 Å². The molecule has 1 atom stereocenters. The van der Waals surface area contributed by atoms with Crippen LogP contribution in [0.4, 0.5) is 0 Å². The number of fused-ring (bicyclic) bond motifs is 1. The summed E-state index contributed by atoms with van der Waals surface area (Å²) >= 11 is 6.16. The number of hydrogen-bond donors (Lipinski definition) is 1. The lowest BCUT2D eigenvalue weighted by molar-refractivity contribution is -0.132. The first-order valence-corrected chi connectivity index (χ1v) is 10.7. The molecule has 31 heavy (non-hydrogen) atoms. The molecule has 0 aromatic heterocycles. The van der Waals surface area contributed by atoms with Crippen molar-refractivity contribution in [2.24, 2.45) is 0 Å². The summed E-state index contributed by atoms with van der Waals surface area (Å²) in [4.78, 5) is 28.6. The summed E-state index contributed by atoms with van der Waals surface area (Å²) in [6.07, 6.45) is 0.453. The van der Waals surface area contributed by atoms with E-state index < -0.39 is 5.54 Å². The lowest BCUT2D eigenvalue weighted by atomic mass is 9.82. The molecule has 4 nitrogen and oxygen atoms in total. The first kappa shape index (κ1) is 21.1. The number of amides is 2. The zero-order valence-corrected chi connectivity index (χ0v) is 18.4. The van der Waals surface area contributed by atoms with Crippen LogP contribution in [-0.2, 0) is 24.3 Å². The number of aryl methyl sites for hydroxylation is 1. The molecule has 0 aliphatic carbocycles. The average Bonchev–Trinajstić information content (AvgIpc) is 2.76. The second-order valence-corrected chi connectivity index (χ2v) is 8.67. The molecule has 1 aliphatic rings. The van der Waals surface area contributed by atoms with Crippen molar-refractivity contribution in [3.8, 4) is 0 Å². The Bertz CT molecular complexity index is 1140. The van der Waals surface area contributed by atoms with E-state index in [1.54, 1.807) is 11.0 Å². The number of benzene rings is 3. The molecular formula is C26H25ClN2O2. The maximum atomic E-state index is 13.5. The van der Waals surface area contributed by atoms with Gasteiger partial charge in [0, 0.05) is 30.1 Å². The minimum Gasteiger partial charge on any atom is -0.350 e. The molecule has 3 aromatic carbocycles. The van der Waals surface area contributed by atoms with Crippen LogP contribution in [0.2, 0.25) is 5.02 Å². The van der Waals surface area contributed by atoms with Gasteiger partial charge in [-0.15, -0.1) is 0 Å². The quantitative estimate of drug-likeness (QED) is 0.622. The van der Waals surface area contributed by atoms with E-state index in [0.717, 1.165) is 22.3 Å². The second kappa shape index (κ2) is 8.56. The van der Waals surface area contributed by atoms with Crippen LogP contribution in [0.5, 0.6) is 0 Å². The minimum absolute atomic E-state index is 0.143. The maximum absolute atomic E-state index is 13.5. The van der Waals surface area contributed by atoms with Crippen LogP contribution in [0.15, 0.2) is 72.8 Å². The topological polar surface area (TPSA) is 49.4 Å². The number of carbonyl (C=O) groups excluding carboxylic acids is 2. The number of hydrogen-bond acceptors (Lipinski definition) is 2. The van der Waals surface area contributed by atoms with Gasteiger partial charge in [-0.3, -0.25) is 9.59 Å². The molecule has 4 rings (SSSR count). The highest BCUT2D eigenvalue weighted by molar-refractivity contribution is 6.30. The van der Waals surface area contributed by atoms with Gasteiger partial charge in [-0.25, -0.2) is 0 Å². The van der Waals surface area contributed by atoms with Crippen molar-refractivity contribution in [2.75, 3.05) is 0 Å². The lowest BCUT2D eigenvalue weighted by Gasteiger charge is -2.44. The molecule has 0 unspecified atom stereocenters. The molecule has 3 aromatic rings. The van der Waals surface area contributed by atoms with E-state index in [-0.39, 0.29) is 11.8 Å². The van der Waals surface area contributed by atoms with Gasteiger partial charge in [0.25, 0.3) is 5.91 Å². The average molecular weight is 433 g/mol. The Kier molecular flexibility index (Phi) is 5.84. The highest BCUT2D eigenvalue weighted by atomic mass is 35.5. The first-order chi connectivity index (χ1) is 14.9. The minimum atomic E-state index is -1.02. The van der Waals surface area contributed by atoms with Gasteiger partial charge in [0.15, 0.2) is 0 Å². The zero-order chi connectivity index (χ0) is 22.0. The molecule has 1 aliphatic heterocycles. The highest BCUT2D eigenvalue weighted by Gasteiger charge is 2.46. The van der Waals surface area contributed by atoms with Gasteiger partial charge in [0.05, 0.1) is 0 Å². The standard InChI is InChI=1S/C26H25ClN2O2/c1-18-8-3-4-11-21(18)16-28-25(31)26(2)15-20-10-5-6-13-23(20)24(30)29(26)17-19-9-7-12-22(27)14-19/h3-14H,15-17H2,1-2H3,(H,28,31)/t26-/m0/s1. The fourth-order valence-electron chi connectivity index (χ4n) is 4.16. The van der Waals surface area contributed by atoms with Gasteiger partial charge in [-0.05, 0) is 54.3 Å². The highest BCUT2D eigenvalue weighted by Crippen LogP contribution is 2.33. The molecule has 1 N–H and O–H groups in total.